The molecule has 1 N–H and O–H groups in total. The van der Waals surface area contributed by atoms with E-state index in [-0.39, 0.29) is 12.5 Å². The topological polar surface area (TPSA) is 55.4 Å². The minimum atomic E-state index is -0.553. The van der Waals surface area contributed by atoms with Crippen LogP contribution in [-0.4, -0.2) is 18.5 Å². The van der Waals surface area contributed by atoms with Gasteiger partial charge in [0.2, 0.25) is 0 Å². The number of ether oxygens (including phenoxy) is 1. The Kier molecular flexibility index (Phi) is 4.98. The molecule has 0 atom stereocenters. The quantitative estimate of drug-likeness (QED) is 0.870. The van der Waals surface area contributed by atoms with Crippen molar-refractivity contribution in [3.05, 3.63) is 50.7 Å². The second-order valence-corrected chi connectivity index (χ2v) is 6.19. The Morgan fingerprint density at radius 1 is 1.24 bits per heavy atom. The zero-order chi connectivity index (χ0) is 15.4. The minimum Gasteiger partial charge on any atom is -0.451 e. The predicted octanol–water partition coefficient (Wildman–Crippen LogP) is 3.81. The Balaban J connectivity index is 1.90. The Bertz CT molecular complexity index is 681. The van der Waals surface area contributed by atoms with Crippen LogP contribution in [0.1, 0.15) is 20.8 Å². The van der Waals surface area contributed by atoms with Crippen LogP contribution in [0.25, 0.3) is 0 Å². The van der Waals surface area contributed by atoms with E-state index in [0.29, 0.717) is 9.21 Å². The smallest absolute Gasteiger partial charge is 0.348 e. The van der Waals surface area contributed by atoms with Gasteiger partial charge in [0.05, 0.1) is 4.34 Å². The number of benzene rings is 1. The molecule has 0 spiro atoms. The predicted molar refractivity (Wildman–Crippen MR) is 84.2 cm³/mol. The van der Waals surface area contributed by atoms with Crippen LogP contribution in [0.3, 0.4) is 0 Å². The highest BCUT2D eigenvalue weighted by Gasteiger charge is 2.13. The van der Waals surface area contributed by atoms with Gasteiger partial charge in [-0.2, -0.15) is 0 Å². The van der Waals surface area contributed by atoms with Crippen molar-refractivity contribution in [2.75, 3.05) is 11.9 Å². The maximum atomic E-state index is 11.8. The molecule has 0 radical (unpaired) electrons. The van der Waals surface area contributed by atoms with E-state index in [0.717, 1.165) is 28.2 Å². The van der Waals surface area contributed by atoms with Gasteiger partial charge in [0.15, 0.2) is 6.61 Å². The summed E-state index contributed by atoms with van der Waals surface area (Å²) in [6.07, 6.45) is 0. The van der Waals surface area contributed by atoms with Crippen LogP contribution < -0.4 is 5.32 Å². The van der Waals surface area contributed by atoms with E-state index < -0.39 is 5.97 Å². The van der Waals surface area contributed by atoms with Gasteiger partial charge in [0.25, 0.3) is 5.91 Å². The molecule has 0 bridgehead atoms. The lowest BCUT2D eigenvalue weighted by Gasteiger charge is -2.10. The average molecular weight is 324 g/mol. The molecule has 1 amide bonds. The highest BCUT2D eigenvalue weighted by atomic mass is 35.5. The number of hydrogen-bond donors (Lipinski definition) is 1. The molecule has 1 heterocycles. The van der Waals surface area contributed by atoms with Gasteiger partial charge in [-0.05, 0) is 43.2 Å². The fourth-order valence-corrected chi connectivity index (χ4v) is 2.64. The Morgan fingerprint density at radius 3 is 2.67 bits per heavy atom. The van der Waals surface area contributed by atoms with E-state index in [9.17, 15) is 9.59 Å². The summed E-state index contributed by atoms with van der Waals surface area (Å²) in [7, 11) is 0. The number of thiophene rings is 1. The lowest BCUT2D eigenvalue weighted by atomic mass is 10.1. The van der Waals surface area contributed by atoms with Gasteiger partial charge in [0.1, 0.15) is 4.88 Å². The summed E-state index contributed by atoms with van der Waals surface area (Å²) in [5.41, 5.74) is 2.79. The molecule has 110 valence electrons. The van der Waals surface area contributed by atoms with Gasteiger partial charge in [-0.15, -0.1) is 11.3 Å². The largest absolute Gasteiger partial charge is 0.451 e. The third kappa shape index (κ3) is 4.06. The summed E-state index contributed by atoms with van der Waals surface area (Å²) in [5, 5.41) is 2.72. The van der Waals surface area contributed by atoms with Crippen molar-refractivity contribution in [1.82, 2.24) is 0 Å². The van der Waals surface area contributed by atoms with Crippen LogP contribution in [0.4, 0.5) is 5.69 Å². The molecule has 1 aromatic heterocycles. The molecule has 1 aromatic carbocycles. The molecular formula is C15H14ClNO3S. The molecule has 6 heteroatoms. The molecule has 0 unspecified atom stereocenters. The van der Waals surface area contributed by atoms with Crippen molar-refractivity contribution in [3.8, 4) is 0 Å². The van der Waals surface area contributed by atoms with Crippen molar-refractivity contribution in [2.24, 2.45) is 0 Å². The van der Waals surface area contributed by atoms with Crippen LogP contribution >= 0.6 is 22.9 Å². The number of carbonyl (C=O) groups is 2. The van der Waals surface area contributed by atoms with Crippen molar-refractivity contribution < 1.29 is 14.3 Å². The molecule has 0 saturated heterocycles. The molecule has 0 aliphatic rings. The SMILES string of the molecule is Cc1cccc(NC(=O)COC(=O)c2ccc(Cl)s2)c1C. The standard InChI is InChI=1S/C15H14ClNO3S/c1-9-4-3-5-11(10(9)2)17-14(18)8-20-15(19)12-6-7-13(16)21-12/h3-7H,8H2,1-2H3,(H,17,18). The number of hydrogen-bond acceptors (Lipinski definition) is 4. The first-order valence-corrected chi connectivity index (χ1v) is 7.45. The second kappa shape index (κ2) is 6.74. The fourth-order valence-electron chi connectivity index (χ4n) is 1.70. The summed E-state index contributed by atoms with van der Waals surface area (Å²) < 4.78 is 5.45. The normalized spacial score (nSPS) is 10.2. The summed E-state index contributed by atoms with van der Waals surface area (Å²) in [4.78, 5) is 23.9. The zero-order valence-electron chi connectivity index (χ0n) is 11.6. The molecule has 0 fully saturated rings. The molecule has 2 aromatic rings. The van der Waals surface area contributed by atoms with E-state index >= 15 is 0 Å². The maximum absolute atomic E-state index is 11.8. The van der Waals surface area contributed by atoms with E-state index in [1.54, 1.807) is 18.2 Å². The summed E-state index contributed by atoms with van der Waals surface area (Å²) in [5.74, 6) is -0.928. The Morgan fingerprint density at radius 2 is 2.00 bits per heavy atom. The lowest BCUT2D eigenvalue weighted by Crippen LogP contribution is -2.21. The number of anilines is 1. The van der Waals surface area contributed by atoms with E-state index in [1.165, 1.54) is 0 Å². The van der Waals surface area contributed by atoms with E-state index in [1.807, 2.05) is 26.0 Å². The lowest BCUT2D eigenvalue weighted by molar-refractivity contribution is -0.119. The zero-order valence-corrected chi connectivity index (χ0v) is 13.2. The Labute approximate surface area is 131 Å². The van der Waals surface area contributed by atoms with Crippen LogP contribution in [0.5, 0.6) is 0 Å². The number of amides is 1. The minimum absolute atomic E-state index is 0.332. The van der Waals surface area contributed by atoms with Crippen molar-refractivity contribution in [1.29, 1.82) is 0 Å². The molecule has 4 nitrogen and oxygen atoms in total. The number of nitrogens with one attached hydrogen (secondary N) is 1. The van der Waals surface area contributed by atoms with Gasteiger partial charge in [0, 0.05) is 5.69 Å². The number of esters is 1. The van der Waals surface area contributed by atoms with Gasteiger partial charge >= 0.3 is 5.97 Å². The first kappa shape index (κ1) is 15.5. The van der Waals surface area contributed by atoms with Crippen LogP contribution in [0.2, 0.25) is 4.34 Å². The monoisotopic (exact) mass is 323 g/mol. The molecule has 2 rings (SSSR count). The molecule has 0 aliphatic carbocycles. The van der Waals surface area contributed by atoms with Gasteiger partial charge in [-0.1, -0.05) is 23.7 Å². The maximum Gasteiger partial charge on any atom is 0.348 e. The highest BCUT2D eigenvalue weighted by molar-refractivity contribution is 7.17. The number of aryl methyl sites for hydroxylation is 1. The van der Waals surface area contributed by atoms with E-state index in [2.05, 4.69) is 5.32 Å². The van der Waals surface area contributed by atoms with Crippen molar-refractivity contribution >= 4 is 40.5 Å². The van der Waals surface area contributed by atoms with Crippen molar-refractivity contribution in [3.63, 3.8) is 0 Å². The molecule has 0 aliphatic heterocycles. The average Bonchev–Trinajstić information content (AvgIpc) is 2.88. The molecular weight excluding hydrogens is 310 g/mol. The molecule has 0 saturated carbocycles. The summed E-state index contributed by atoms with van der Waals surface area (Å²) >= 11 is 6.85. The first-order chi connectivity index (χ1) is 9.97. The van der Waals surface area contributed by atoms with Crippen molar-refractivity contribution in [2.45, 2.75) is 13.8 Å². The third-order valence-electron chi connectivity index (χ3n) is 2.99. The highest BCUT2D eigenvalue weighted by Crippen LogP contribution is 2.22. The fraction of sp³-hybridized carbons (Fsp3) is 0.200. The molecule has 21 heavy (non-hydrogen) atoms. The van der Waals surface area contributed by atoms with Crippen LogP contribution in [0.15, 0.2) is 30.3 Å². The number of carbonyl (C=O) groups excluding carboxylic acids is 2. The summed E-state index contributed by atoms with van der Waals surface area (Å²) in [6.45, 7) is 3.55. The summed E-state index contributed by atoms with van der Waals surface area (Å²) in [6, 6.07) is 8.81. The van der Waals surface area contributed by atoms with Gasteiger partial charge < -0.3 is 10.1 Å². The van der Waals surface area contributed by atoms with Gasteiger partial charge in [-0.25, -0.2) is 4.79 Å². The van der Waals surface area contributed by atoms with Crippen LogP contribution in [-0.2, 0) is 9.53 Å². The van der Waals surface area contributed by atoms with E-state index in [4.69, 9.17) is 16.3 Å². The third-order valence-corrected chi connectivity index (χ3v) is 4.20. The van der Waals surface area contributed by atoms with Crippen LogP contribution in [0, 0.1) is 13.8 Å². The Hall–Kier alpha value is -1.85. The number of halogens is 1. The number of rotatable bonds is 4. The van der Waals surface area contributed by atoms with Gasteiger partial charge in [-0.3, -0.25) is 4.79 Å². The second-order valence-electron chi connectivity index (χ2n) is 4.48. The first-order valence-electron chi connectivity index (χ1n) is 6.26.